The maximum Gasteiger partial charge on any atom is 0.416 e. The number of ether oxygens (including phenoxy) is 1. The van der Waals surface area contributed by atoms with E-state index in [-0.39, 0.29) is 6.42 Å². The zero-order chi connectivity index (χ0) is 23.0. The van der Waals surface area contributed by atoms with Crippen LogP contribution in [0.1, 0.15) is 49.7 Å². The Balaban J connectivity index is 0.000000887. The summed E-state index contributed by atoms with van der Waals surface area (Å²) in [5.74, 6) is 0.526. The number of rotatable bonds is 7. The molecule has 2 aromatic rings. The lowest BCUT2D eigenvalue weighted by Gasteiger charge is -2.33. The predicted octanol–water partition coefficient (Wildman–Crippen LogP) is 5.58. The van der Waals surface area contributed by atoms with E-state index in [1.807, 2.05) is 29.2 Å². The van der Waals surface area contributed by atoms with Crippen LogP contribution in [0.4, 0.5) is 19.0 Å². The van der Waals surface area contributed by atoms with Gasteiger partial charge in [-0.1, -0.05) is 31.4 Å². The molecule has 2 aliphatic rings. The monoisotopic (exact) mass is 450 g/mol. The van der Waals surface area contributed by atoms with Gasteiger partial charge in [0.25, 0.3) is 0 Å². The molecule has 32 heavy (non-hydrogen) atoms. The van der Waals surface area contributed by atoms with E-state index in [0.29, 0.717) is 43.6 Å². The molecule has 0 radical (unpaired) electrons. The number of aliphatic carboxylic acids is 1. The molecular weight excluding hydrogens is 421 g/mol. The molecule has 0 unspecified atom stereocenters. The summed E-state index contributed by atoms with van der Waals surface area (Å²) in [5.41, 5.74) is 0.228. The van der Waals surface area contributed by atoms with Crippen LogP contribution in [-0.2, 0) is 17.4 Å². The van der Waals surface area contributed by atoms with E-state index in [9.17, 15) is 18.0 Å². The highest BCUT2D eigenvalue weighted by atomic mass is 19.4. The van der Waals surface area contributed by atoms with Crippen molar-refractivity contribution in [1.29, 1.82) is 0 Å². The minimum Gasteiger partial charge on any atom is -0.493 e. The molecule has 1 aromatic carbocycles. The minimum absolute atomic E-state index is 0.0749. The van der Waals surface area contributed by atoms with Gasteiger partial charge in [0.2, 0.25) is 0 Å². The fourth-order valence-electron chi connectivity index (χ4n) is 3.35. The summed E-state index contributed by atoms with van der Waals surface area (Å²) in [4.78, 5) is 16.7. The number of aromatic nitrogens is 1. The Kier molecular flexibility index (Phi) is 8.36. The van der Waals surface area contributed by atoms with Gasteiger partial charge in [-0.05, 0) is 55.0 Å². The van der Waals surface area contributed by atoms with Crippen molar-refractivity contribution in [2.75, 3.05) is 24.6 Å². The maximum absolute atomic E-state index is 12.9. The number of carbonyl (C=O) groups is 1. The normalized spacial score (nSPS) is 16.2. The van der Waals surface area contributed by atoms with Crippen molar-refractivity contribution in [3.63, 3.8) is 0 Å². The first-order valence-electron chi connectivity index (χ1n) is 11.0. The molecular formula is C24H29F3N2O3. The van der Waals surface area contributed by atoms with Gasteiger partial charge in [0.1, 0.15) is 11.6 Å². The molecule has 1 saturated carbocycles. The second-order valence-electron chi connectivity index (χ2n) is 8.24. The van der Waals surface area contributed by atoms with Crippen LogP contribution < -0.4 is 9.64 Å². The number of anilines is 1. The zero-order valence-corrected chi connectivity index (χ0v) is 18.0. The lowest BCUT2D eigenvalue weighted by molar-refractivity contribution is -0.138. The number of hydrogen-bond donors (Lipinski definition) is 1. The Morgan fingerprint density at radius 2 is 1.84 bits per heavy atom. The fourth-order valence-corrected chi connectivity index (χ4v) is 3.35. The Labute approximate surface area is 186 Å². The van der Waals surface area contributed by atoms with Crippen molar-refractivity contribution in [3.8, 4) is 5.75 Å². The molecule has 2 heterocycles. The van der Waals surface area contributed by atoms with Crippen molar-refractivity contribution in [2.24, 2.45) is 5.92 Å². The number of carboxylic acid groups (broad SMARTS) is 1. The number of hydrogen-bond acceptors (Lipinski definition) is 4. The maximum atomic E-state index is 12.9. The molecule has 0 atom stereocenters. The number of carboxylic acids is 1. The zero-order valence-electron chi connectivity index (χ0n) is 18.0. The van der Waals surface area contributed by atoms with Gasteiger partial charge in [0.15, 0.2) is 0 Å². The predicted molar refractivity (Wildman–Crippen MR) is 116 cm³/mol. The molecule has 1 aliphatic heterocycles. The molecule has 0 bridgehead atoms. The number of benzene rings is 1. The largest absolute Gasteiger partial charge is 0.493 e. The van der Waals surface area contributed by atoms with Crippen LogP contribution in [0.5, 0.6) is 5.75 Å². The van der Waals surface area contributed by atoms with Crippen molar-refractivity contribution >= 4 is 11.8 Å². The number of halogens is 3. The Bertz CT molecular complexity index is 876. The van der Waals surface area contributed by atoms with Gasteiger partial charge in [-0.3, -0.25) is 4.79 Å². The molecule has 2 fully saturated rings. The van der Waals surface area contributed by atoms with Crippen molar-refractivity contribution in [2.45, 2.75) is 51.1 Å². The van der Waals surface area contributed by atoms with Crippen LogP contribution in [0.2, 0.25) is 0 Å². The highest BCUT2D eigenvalue weighted by molar-refractivity contribution is 5.67. The van der Waals surface area contributed by atoms with Crippen molar-refractivity contribution in [1.82, 2.24) is 4.98 Å². The average Bonchev–Trinajstić information content (AvgIpc) is 3.66. The van der Waals surface area contributed by atoms with E-state index in [1.54, 1.807) is 0 Å². The van der Waals surface area contributed by atoms with E-state index in [2.05, 4.69) is 4.98 Å². The summed E-state index contributed by atoms with van der Waals surface area (Å²) in [6, 6.07) is 9.48. The van der Waals surface area contributed by atoms with Crippen LogP contribution in [0.15, 0.2) is 42.6 Å². The second kappa shape index (κ2) is 11.2. The SMILES string of the molecule is C1CC1.O=C(O)CCc1cccc(OCC2CCN(c3cc(C(F)(F)F)ccn3)CC2)c1. The molecule has 4 rings (SSSR count). The number of aryl methyl sites for hydroxylation is 1. The highest BCUT2D eigenvalue weighted by Gasteiger charge is 2.31. The Morgan fingerprint density at radius 1 is 1.12 bits per heavy atom. The van der Waals surface area contributed by atoms with Crippen molar-refractivity contribution < 1.29 is 27.8 Å². The number of alkyl halides is 3. The summed E-state index contributed by atoms with van der Waals surface area (Å²) in [6.07, 6.45) is 3.46. The third-order valence-electron chi connectivity index (χ3n) is 5.38. The van der Waals surface area contributed by atoms with E-state index in [4.69, 9.17) is 9.84 Å². The topological polar surface area (TPSA) is 62.7 Å². The van der Waals surface area contributed by atoms with Gasteiger partial charge in [0, 0.05) is 25.7 Å². The Hall–Kier alpha value is -2.77. The lowest BCUT2D eigenvalue weighted by atomic mass is 9.97. The third kappa shape index (κ3) is 8.05. The quantitative estimate of drug-likeness (QED) is 0.596. The Morgan fingerprint density at radius 3 is 2.47 bits per heavy atom. The van der Waals surface area contributed by atoms with Crippen LogP contribution in [0, 0.1) is 5.92 Å². The molecule has 8 heteroatoms. The molecule has 1 saturated heterocycles. The average molecular weight is 451 g/mol. The van der Waals surface area contributed by atoms with Gasteiger partial charge in [-0.15, -0.1) is 0 Å². The first-order chi connectivity index (χ1) is 15.3. The fraction of sp³-hybridized carbons (Fsp3) is 0.500. The highest BCUT2D eigenvalue weighted by Crippen LogP contribution is 2.31. The first-order valence-corrected chi connectivity index (χ1v) is 11.0. The second-order valence-corrected chi connectivity index (χ2v) is 8.24. The molecule has 0 amide bonds. The first kappa shape index (κ1) is 23.9. The van der Waals surface area contributed by atoms with Crippen LogP contribution in [0.3, 0.4) is 0 Å². The van der Waals surface area contributed by atoms with E-state index in [0.717, 1.165) is 30.5 Å². The third-order valence-corrected chi connectivity index (χ3v) is 5.38. The van der Waals surface area contributed by atoms with Gasteiger partial charge in [-0.2, -0.15) is 13.2 Å². The summed E-state index contributed by atoms with van der Waals surface area (Å²) >= 11 is 0. The van der Waals surface area contributed by atoms with Crippen molar-refractivity contribution in [3.05, 3.63) is 53.7 Å². The minimum atomic E-state index is -4.37. The van der Waals surface area contributed by atoms with E-state index in [1.165, 1.54) is 25.5 Å². The smallest absolute Gasteiger partial charge is 0.416 e. The summed E-state index contributed by atoms with van der Waals surface area (Å²) in [7, 11) is 0. The van der Waals surface area contributed by atoms with Gasteiger partial charge >= 0.3 is 12.1 Å². The molecule has 174 valence electrons. The molecule has 0 spiro atoms. The summed E-state index contributed by atoms with van der Waals surface area (Å²) in [6.45, 7) is 1.77. The van der Waals surface area contributed by atoms with Crippen LogP contribution in [0.25, 0.3) is 0 Å². The van der Waals surface area contributed by atoms with Crippen LogP contribution >= 0.6 is 0 Å². The summed E-state index contributed by atoms with van der Waals surface area (Å²) < 4.78 is 44.5. The number of nitrogens with zero attached hydrogens (tertiary/aromatic N) is 2. The lowest BCUT2D eigenvalue weighted by Crippen LogP contribution is -2.36. The standard InChI is InChI=1S/C21H23F3N2O3.C3H6/c22-21(23,24)17-6-9-25-19(13-17)26-10-7-16(8-11-26)14-29-18-3-1-2-15(12-18)4-5-20(27)28;1-2-3-1/h1-3,6,9,12-13,16H,4-5,7-8,10-11,14H2,(H,27,28);1-3H2. The number of piperidine rings is 1. The molecule has 1 N–H and O–H groups in total. The van der Waals surface area contributed by atoms with E-state index < -0.39 is 17.7 Å². The van der Waals surface area contributed by atoms with Crippen LogP contribution in [-0.4, -0.2) is 35.8 Å². The molecule has 5 nitrogen and oxygen atoms in total. The van der Waals surface area contributed by atoms with Gasteiger partial charge in [-0.25, -0.2) is 4.98 Å². The van der Waals surface area contributed by atoms with Gasteiger partial charge in [0.05, 0.1) is 12.2 Å². The van der Waals surface area contributed by atoms with Gasteiger partial charge < -0.3 is 14.7 Å². The number of pyridine rings is 1. The molecule has 1 aromatic heterocycles. The summed E-state index contributed by atoms with van der Waals surface area (Å²) in [5, 5.41) is 8.78. The van der Waals surface area contributed by atoms with E-state index >= 15 is 0 Å². The molecule has 1 aliphatic carbocycles.